The summed E-state index contributed by atoms with van der Waals surface area (Å²) < 4.78 is 0. The van der Waals surface area contributed by atoms with Gasteiger partial charge < -0.3 is 0 Å². The van der Waals surface area contributed by atoms with Crippen LogP contribution in [0.2, 0.25) is 0 Å². The Morgan fingerprint density at radius 3 is 0.962 bits per heavy atom. The van der Waals surface area contributed by atoms with Crippen molar-refractivity contribution in [2.75, 3.05) is 0 Å². The minimum Gasteiger partial charge on any atom is -0.103 e. The molecule has 0 heteroatoms. The van der Waals surface area contributed by atoms with Gasteiger partial charge in [0, 0.05) is 0 Å². The molecule has 1 rings (SSSR count). The molecule has 1 aliphatic rings. The van der Waals surface area contributed by atoms with E-state index in [1.807, 2.05) is 58.1 Å². The van der Waals surface area contributed by atoms with Crippen LogP contribution in [0.15, 0.2) is 37.0 Å². The van der Waals surface area contributed by atoms with E-state index in [0.717, 1.165) is 5.92 Å². The molecule has 1 fully saturated rings. The summed E-state index contributed by atoms with van der Waals surface area (Å²) in [7, 11) is 0. The molecule has 0 saturated heterocycles. The second-order valence-electron chi connectivity index (χ2n) is 8.50. The summed E-state index contributed by atoms with van der Waals surface area (Å²) >= 11 is 0. The Bertz CT molecular complexity index is 230. The molecule has 0 aromatic heterocycles. The summed E-state index contributed by atoms with van der Waals surface area (Å²) in [6.07, 6.45) is 15.5. The fraction of sp³-hybridized carbons (Fsp3) is 0.769. The molecule has 0 N–H and O–H groups in total. The van der Waals surface area contributed by atoms with E-state index in [1.165, 1.54) is 25.7 Å². The van der Waals surface area contributed by atoms with Crippen molar-refractivity contribution in [1.29, 1.82) is 0 Å². The van der Waals surface area contributed by atoms with Gasteiger partial charge in [0.05, 0.1) is 0 Å². The van der Waals surface area contributed by atoms with E-state index in [0.29, 0.717) is 11.3 Å². The van der Waals surface area contributed by atoms with Gasteiger partial charge in [0.25, 0.3) is 0 Å². The van der Waals surface area contributed by atoms with Crippen LogP contribution < -0.4 is 0 Å². The average molecular weight is 369 g/mol. The smallest absolute Gasteiger partial charge is 0.0293 e. The summed E-state index contributed by atoms with van der Waals surface area (Å²) in [5.74, 6) is 1.73. The minimum absolute atomic E-state index is 0.500. The maximum atomic E-state index is 3.56. The van der Waals surface area contributed by atoms with Crippen molar-refractivity contribution < 1.29 is 0 Å². The van der Waals surface area contributed by atoms with Crippen LogP contribution in [0.3, 0.4) is 0 Å². The third-order valence-electron chi connectivity index (χ3n) is 2.50. The number of allylic oxidation sites excluding steroid dienone is 5. The molecule has 1 aliphatic carbocycles. The lowest BCUT2D eigenvalue weighted by Crippen LogP contribution is -1.93. The molecule has 160 valence electrons. The summed E-state index contributed by atoms with van der Waals surface area (Å²) in [6.45, 7) is 31.2. The molecule has 0 aromatic carbocycles. The van der Waals surface area contributed by atoms with E-state index in [1.54, 1.807) is 0 Å². The first kappa shape index (κ1) is 36.2. The molecular weight excluding hydrogens is 312 g/mol. The molecule has 0 atom stereocenters. The normalized spacial score (nSPS) is 12.1. The maximum absolute atomic E-state index is 3.56. The van der Waals surface area contributed by atoms with Crippen molar-refractivity contribution >= 4 is 0 Å². The summed E-state index contributed by atoms with van der Waals surface area (Å²) in [5.41, 5.74) is 0.500. The predicted molar refractivity (Wildman–Crippen MR) is 130 cm³/mol. The molecule has 0 heterocycles. The van der Waals surface area contributed by atoms with Gasteiger partial charge in [0.15, 0.2) is 0 Å². The third-order valence-corrected chi connectivity index (χ3v) is 2.50. The Hall–Kier alpha value is -0.780. The highest BCUT2D eigenvalue weighted by molar-refractivity contribution is 4.69. The van der Waals surface area contributed by atoms with E-state index in [-0.39, 0.29) is 0 Å². The van der Waals surface area contributed by atoms with Gasteiger partial charge in [-0.05, 0) is 44.9 Å². The van der Waals surface area contributed by atoms with Gasteiger partial charge in [-0.3, -0.25) is 0 Å². The molecule has 0 bridgehead atoms. The standard InChI is InChI=1S/C5H12.C5H10.C4H8.C4H10.2C4H8/c1-5(2,3)4;1-4-5(2)3;1-4-2-3-4;3*1-3-4-2/h1-4H3;4-5H,1H2,2-3H3;4H,2-3H2,1H3;3-4H2,1-2H3;2*3-4H,1-2H3/b;;;;4-3+;4-3-. The zero-order chi connectivity index (χ0) is 22.0. The summed E-state index contributed by atoms with van der Waals surface area (Å²) in [4.78, 5) is 0. The fourth-order valence-electron chi connectivity index (χ4n) is 0.167. The first-order valence-corrected chi connectivity index (χ1v) is 10.7. The van der Waals surface area contributed by atoms with Crippen LogP contribution in [0.25, 0.3) is 0 Å². The lowest BCUT2D eigenvalue weighted by atomic mass is 10.0. The van der Waals surface area contributed by atoms with Crippen LogP contribution in [0.1, 0.15) is 116 Å². The first-order valence-electron chi connectivity index (χ1n) is 10.7. The summed E-state index contributed by atoms with van der Waals surface area (Å²) in [5, 5.41) is 0. The minimum atomic E-state index is 0.500. The first-order chi connectivity index (χ1) is 11.9. The number of hydrogen-bond donors (Lipinski definition) is 0. The molecular formula is C26H56. The SMILES string of the molecule is C/C=C/C.C/C=C\C.C=CC(C)C.CC(C)(C)C.CC1CC1.CCCC. The summed E-state index contributed by atoms with van der Waals surface area (Å²) in [6, 6.07) is 0. The van der Waals surface area contributed by atoms with Crippen molar-refractivity contribution in [2.45, 2.75) is 116 Å². The van der Waals surface area contributed by atoms with Crippen LogP contribution in [-0.2, 0) is 0 Å². The maximum Gasteiger partial charge on any atom is -0.0293 e. The van der Waals surface area contributed by atoms with Crippen molar-refractivity contribution in [2.24, 2.45) is 17.3 Å². The van der Waals surface area contributed by atoms with Crippen LogP contribution in [0, 0.1) is 17.3 Å². The Balaban J connectivity index is -0.0000000680. The number of hydrogen-bond acceptors (Lipinski definition) is 0. The highest BCUT2D eigenvalue weighted by Crippen LogP contribution is 2.26. The van der Waals surface area contributed by atoms with Crippen LogP contribution in [0.4, 0.5) is 0 Å². The molecule has 0 spiro atoms. The quantitative estimate of drug-likeness (QED) is 0.425. The molecule has 0 radical (unpaired) electrons. The average Bonchev–Trinajstić information content (AvgIpc) is 3.36. The van der Waals surface area contributed by atoms with Crippen molar-refractivity contribution in [3.8, 4) is 0 Å². The number of rotatable bonds is 2. The Morgan fingerprint density at radius 2 is 0.962 bits per heavy atom. The molecule has 0 unspecified atom stereocenters. The van der Waals surface area contributed by atoms with E-state index >= 15 is 0 Å². The van der Waals surface area contributed by atoms with Crippen molar-refractivity contribution in [1.82, 2.24) is 0 Å². The lowest BCUT2D eigenvalue weighted by molar-refractivity contribution is 0.469. The largest absolute Gasteiger partial charge is 0.103 e. The third kappa shape index (κ3) is 220. The Morgan fingerprint density at radius 1 is 0.808 bits per heavy atom. The van der Waals surface area contributed by atoms with Gasteiger partial charge in [0.1, 0.15) is 0 Å². The molecule has 0 nitrogen and oxygen atoms in total. The van der Waals surface area contributed by atoms with E-state index < -0.39 is 0 Å². The van der Waals surface area contributed by atoms with Crippen LogP contribution in [0.5, 0.6) is 0 Å². The molecule has 26 heavy (non-hydrogen) atoms. The lowest BCUT2D eigenvalue weighted by Gasteiger charge is -2.05. The molecule has 0 aliphatic heterocycles. The van der Waals surface area contributed by atoms with Gasteiger partial charge in [-0.1, -0.05) is 118 Å². The monoisotopic (exact) mass is 368 g/mol. The molecule has 0 amide bonds. The second kappa shape index (κ2) is 31.9. The van der Waals surface area contributed by atoms with E-state index in [4.69, 9.17) is 0 Å². The second-order valence-corrected chi connectivity index (χ2v) is 8.50. The van der Waals surface area contributed by atoms with E-state index in [9.17, 15) is 0 Å². The Kier molecular flexibility index (Phi) is 44.5. The molecule has 1 saturated carbocycles. The van der Waals surface area contributed by atoms with Crippen molar-refractivity contribution in [3.63, 3.8) is 0 Å². The van der Waals surface area contributed by atoms with Gasteiger partial charge in [-0.2, -0.15) is 0 Å². The van der Waals surface area contributed by atoms with Crippen LogP contribution >= 0.6 is 0 Å². The highest BCUT2D eigenvalue weighted by Gasteiger charge is 2.12. The number of unbranched alkanes of at least 4 members (excludes halogenated alkanes) is 1. The van der Waals surface area contributed by atoms with Gasteiger partial charge in [0.2, 0.25) is 0 Å². The zero-order valence-corrected chi connectivity index (χ0v) is 21.1. The van der Waals surface area contributed by atoms with Gasteiger partial charge in [-0.25, -0.2) is 0 Å². The van der Waals surface area contributed by atoms with Crippen molar-refractivity contribution in [3.05, 3.63) is 37.0 Å². The van der Waals surface area contributed by atoms with Gasteiger partial charge in [-0.15, -0.1) is 6.58 Å². The fourth-order valence-corrected chi connectivity index (χ4v) is 0.167. The van der Waals surface area contributed by atoms with Crippen LogP contribution in [-0.4, -0.2) is 0 Å². The van der Waals surface area contributed by atoms with E-state index in [2.05, 4.69) is 68.9 Å². The zero-order valence-electron chi connectivity index (χ0n) is 21.1. The van der Waals surface area contributed by atoms with Gasteiger partial charge >= 0.3 is 0 Å². The highest BCUT2D eigenvalue weighted by atomic mass is 14.2. The Labute approximate surface area is 170 Å². The topological polar surface area (TPSA) is 0 Å². The molecule has 0 aromatic rings. The predicted octanol–water partition coefficient (Wildman–Crippen LogP) is 10.3.